The largest absolute Gasteiger partial charge is 0.346 e. The molecule has 151 valence electrons. The maximum absolute atomic E-state index is 12.4. The van der Waals surface area contributed by atoms with Crippen molar-refractivity contribution < 1.29 is 27.3 Å². The molecule has 1 fully saturated rings. The quantitative estimate of drug-likeness (QED) is 0.380. The molecular weight excluding hydrogens is 370 g/mol. The fourth-order valence-corrected chi connectivity index (χ4v) is 4.36. The molecule has 1 saturated heterocycles. The lowest BCUT2D eigenvalue weighted by atomic mass is 9.83. The van der Waals surface area contributed by atoms with Crippen molar-refractivity contribution in [2.45, 2.75) is 63.4 Å². The van der Waals surface area contributed by atoms with E-state index in [0.717, 1.165) is 10.6 Å². The van der Waals surface area contributed by atoms with Gasteiger partial charge < -0.3 is 4.74 Å². The minimum atomic E-state index is -3.92. The third-order valence-electron chi connectivity index (χ3n) is 5.15. The number of nitrogens with zero attached hydrogens (tertiary/aromatic N) is 1. The highest BCUT2D eigenvalue weighted by Gasteiger charge is 2.52. The van der Waals surface area contributed by atoms with Gasteiger partial charge in [-0.1, -0.05) is 17.7 Å². The first-order chi connectivity index (χ1) is 12.4. The number of hydroxylamine groups is 2. The second-order valence-electron chi connectivity index (χ2n) is 8.26. The lowest BCUT2D eigenvalue weighted by Gasteiger charge is -2.33. The zero-order chi connectivity index (χ0) is 20.5. The van der Waals surface area contributed by atoms with Crippen molar-refractivity contribution in [2.24, 2.45) is 5.92 Å². The number of ether oxygens (including phenoxy) is 1. The Morgan fingerprint density at radius 1 is 1.19 bits per heavy atom. The van der Waals surface area contributed by atoms with E-state index in [1.807, 2.05) is 34.6 Å². The predicted octanol–water partition coefficient (Wildman–Crippen LogP) is 2.86. The summed E-state index contributed by atoms with van der Waals surface area (Å²) in [7, 11) is -3.92. The Morgan fingerprint density at radius 3 is 2.30 bits per heavy atom. The first-order valence-electron chi connectivity index (χ1n) is 8.89. The molecule has 1 radical (unpaired) electrons. The topological polar surface area (TPSA) is 92.8 Å². The van der Waals surface area contributed by atoms with Gasteiger partial charge >= 0.3 is 0 Å². The van der Waals surface area contributed by atoms with Crippen molar-refractivity contribution in [3.8, 4) is 0 Å². The maximum atomic E-state index is 12.4. The average Bonchev–Trinajstić information content (AvgIpc) is 2.72. The van der Waals surface area contributed by atoms with E-state index in [1.54, 1.807) is 12.1 Å². The van der Waals surface area contributed by atoms with Gasteiger partial charge in [0.25, 0.3) is 10.1 Å². The smallest absolute Gasteiger partial charge is 0.299 e. The minimum absolute atomic E-state index is 0.0356. The van der Waals surface area contributed by atoms with Gasteiger partial charge in [-0.2, -0.15) is 8.42 Å². The number of Topliss-reactive ketones (excluding diaryl/α,β-unsaturated/α-hetero) is 1. The van der Waals surface area contributed by atoms with Crippen molar-refractivity contribution in [1.82, 2.24) is 5.06 Å². The van der Waals surface area contributed by atoms with Crippen molar-refractivity contribution in [1.29, 1.82) is 0 Å². The highest BCUT2D eigenvalue weighted by atomic mass is 32.2. The summed E-state index contributed by atoms with van der Waals surface area (Å²) in [6, 6.07) is 6.25. The van der Waals surface area contributed by atoms with Crippen LogP contribution in [0.15, 0.2) is 29.2 Å². The summed E-state index contributed by atoms with van der Waals surface area (Å²) in [5.41, 5.74) is -0.212. The summed E-state index contributed by atoms with van der Waals surface area (Å²) in [5, 5.41) is 13.4. The van der Waals surface area contributed by atoms with Crippen LogP contribution >= 0.6 is 0 Å². The van der Waals surface area contributed by atoms with Crippen LogP contribution in [0.1, 0.15) is 46.1 Å². The van der Waals surface area contributed by atoms with E-state index in [9.17, 15) is 18.4 Å². The first-order valence-corrected chi connectivity index (χ1v) is 10.3. The van der Waals surface area contributed by atoms with Crippen molar-refractivity contribution in [2.75, 3.05) is 13.4 Å². The van der Waals surface area contributed by atoms with Crippen LogP contribution in [0.5, 0.6) is 0 Å². The Kier molecular flexibility index (Phi) is 6.48. The summed E-state index contributed by atoms with van der Waals surface area (Å²) in [5.74, 6) is -0.270. The van der Waals surface area contributed by atoms with Gasteiger partial charge in [0.15, 0.2) is 12.6 Å². The Labute approximate surface area is 161 Å². The minimum Gasteiger partial charge on any atom is -0.346 e. The molecule has 0 N–H and O–H groups in total. The predicted molar refractivity (Wildman–Crippen MR) is 98.7 cm³/mol. The molecule has 2 rings (SSSR count). The van der Waals surface area contributed by atoms with Gasteiger partial charge in [0.1, 0.15) is 6.61 Å². The molecule has 0 spiro atoms. The number of rotatable bonds is 8. The molecular formula is C19H28NO6S. The molecule has 1 heterocycles. The van der Waals surface area contributed by atoms with Gasteiger partial charge in [0.05, 0.1) is 4.90 Å². The van der Waals surface area contributed by atoms with E-state index in [0.29, 0.717) is 6.42 Å². The highest BCUT2D eigenvalue weighted by Crippen LogP contribution is 2.45. The molecule has 0 aliphatic carbocycles. The van der Waals surface area contributed by atoms with E-state index in [-0.39, 0.29) is 29.6 Å². The number of aryl methyl sites for hydroxylation is 1. The lowest BCUT2D eigenvalue weighted by molar-refractivity contribution is -0.248. The van der Waals surface area contributed by atoms with Crippen LogP contribution < -0.4 is 0 Å². The number of hydrogen-bond acceptors (Lipinski definition) is 6. The summed E-state index contributed by atoms with van der Waals surface area (Å²) >= 11 is 0. The zero-order valence-electron chi connectivity index (χ0n) is 16.5. The van der Waals surface area contributed by atoms with E-state index in [4.69, 9.17) is 8.92 Å². The third kappa shape index (κ3) is 5.14. The molecule has 0 aromatic heterocycles. The summed E-state index contributed by atoms with van der Waals surface area (Å²) in [6.45, 7) is 8.48. The molecule has 8 heteroatoms. The van der Waals surface area contributed by atoms with Crippen molar-refractivity contribution in [3.63, 3.8) is 0 Å². The Morgan fingerprint density at radius 2 is 1.78 bits per heavy atom. The monoisotopic (exact) mass is 398 g/mol. The van der Waals surface area contributed by atoms with E-state index in [1.165, 1.54) is 12.1 Å². The van der Waals surface area contributed by atoms with Gasteiger partial charge in [-0.15, -0.1) is 10.3 Å². The fourth-order valence-electron chi connectivity index (χ4n) is 3.56. The van der Waals surface area contributed by atoms with Crippen LogP contribution in [0.2, 0.25) is 0 Å². The van der Waals surface area contributed by atoms with Gasteiger partial charge in [-0.3, -0.25) is 4.79 Å². The number of benzene rings is 1. The molecule has 7 nitrogen and oxygen atoms in total. The number of ketones is 1. The van der Waals surface area contributed by atoms with Crippen LogP contribution in [0, 0.1) is 12.8 Å². The molecule has 1 aliphatic heterocycles. The second-order valence-corrected chi connectivity index (χ2v) is 9.87. The number of hydrogen-bond donors (Lipinski definition) is 0. The summed E-state index contributed by atoms with van der Waals surface area (Å²) < 4.78 is 34.0. The summed E-state index contributed by atoms with van der Waals surface area (Å²) in [6.07, 6.45) is 0.827. The molecule has 1 atom stereocenters. The Bertz CT molecular complexity index is 770. The molecule has 27 heavy (non-hydrogen) atoms. The highest BCUT2D eigenvalue weighted by molar-refractivity contribution is 7.86. The van der Waals surface area contributed by atoms with E-state index >= 15 is 0 Å². The van der Waals surface area contributed by atoms with Crippen LogP contribution in [0.25, 0.3) is 0 Å². The average molecular weight is 399 g/mol. The molecule has 1 aliphatic rings. The number of carbonyl (C=O) groups is 1. The maximum Gasteiger partial charge on any atom is 0.299 e. The normalized spacial score (nSPS) is 22.1. The Hall–Kier alpha value is -1.32. The van der Waals surface area contributed by atoms with Crippen LogP contribution in [0.4, 0.5) is 0 Å². The first kappa shape index (κ1) is 22.0. The standard InChI is InChI=1S/C19H28NO6S/c1-14-6-8-17(9-7-14)27(23,24)26-13-25-12-16(21)10-15-11-18(2,3)20(22)19(15,4)5/h6-9,15H,10-13H2,1-5H3. The van der Waals surface area contributed by atoms with Crippen LogP contribution in [0.3, 0.4) is 0 Å². The van der Waals surface area contributed by atoms with Crippen LogP contribution in [-0.2, 0) is 29.0 Å². The molecule has 1 aromatic rings. The van der Waals surface area contributed by atoms with Gasteiger partial charge in [-0.05, 0) is 59.1 Å². The SMILES string of the molecule is Cc1ccc(S(=O)(=O)OCOCC(=O)CC2CC(C)(C)N([O])C2(C)C)cc1. The molecule has 1 unspecified atom stereocenters. The molecule has 0 bridgehead atoms. The molecule has 1 aromatic carbocycles. The zero-order valence-corrected chi connectivity index (χ0v) is 17.3. The summed E-state index contributed by atoms with van der Waals surface area (Å²) in [4.78, 5) is 12.2. The third-order valence-corrected chi connectivity index (χ3v) is 6.41. The van der Waals surface area contributed by atoms with Crippen LogP contribution in [-0.4, -0.2) is 43.7 Å². The van der Waals surface area contributed by atoms with Crippen molar-refractivity contribution in [3.05, 3.63) is 29.8 Å². The fraction of sp³-hybridized carbons (Fsp3) is 0.632. The van der Waals surface area contributed by atoms with E-state index in [2.05, 4.69) is 0 Å². The molecule has 0 saturated carbocycles. The van der Waals surface area contributed by atoms with E-state index < -0.39 is 28.0 Å². The Balaban J connectivity index is 1.81. The number of carbonyl (C=O) groups excluding carboxylic acids is 1. The van der Waals surface area contributed by atoms with Crippen molar-refractivity contribution >= 4 is 15.9 Å². The van der Waals surface area contributed by atoms with Gasteiger partial charge in [0.2, 0.25) is 0 Å². The molecule has 0 amide bonds. The van der Waals surface area contributed by atoms with Gasteiger partial charge in [-0.25, -0.2) is 4.18 Å². The lowest BCUT2D eigenvalue weighted by Crippen LogP contribution is -2.46. The van der Waals surface area contributed by atoms with Gasteiger partial charge in [0, 0.05) is 17.5 Å². The second kappa shape index (κ2) is 7.97.